The summed E-state index contributed by atoms with van der Waals surface area (Å²) in [7, 11) is 2.79. The number of hydrogen-bond donors (Lipinski definition) is 0. The first-order valence-corrected chi connectivity index (χ1v) is 2.90. The van der Waals surface area contributed by atoms with E-state index in [2.05, 4.69) is 4.74 Å². The summed E-state index contributed by atoms with van der Waals surface area (Å²) in [6, 6.07) is 0. The highest BCUT2D eigenvalue weighted by atomic mass is 16.9. The van der Waals surface area contributed by atoms with Crippen LogP contribution in [0.15, 0.2) is 0 Å². The van der Waals surface area contributed by atoms with Crippen molar-refractivity contribution < 1.29 is 19.0 Å². The Bertz CT molecular complexity index is 89.7. The number of hydrogen-bond acceptors (Lipinski definition) is 4. The molecule has 0 heterocycles. The molecule has 0 unspecified atom stereocenters. The highest BCUT2D eigenvalue weighted by Gasteiger charge is 2.29. The number of rotatable bonds is 5. The molecule has 0 bridgehead atoms. The maximum atomic E-state index is 9.79. The average molecular weight is 147 g/mol. The third kappa shape index (κ3) is 1.97. The van der Waals surface area contributed by atoms with Crippen LogP contribution in [0.4, 0.5) is 0 Å². The maximum Gasteiger partial charge on any atom is 0.421 e. The van der Waals surface area contributed by atoms with Gasteiger partial charge in [-0.05, 0) is 0 Å². The van der Waals surface area contributed by atoms with E-state index >= 15 is 0 Å². The van der Waals surface area contributed by atoms with Crippen LogP contribution in [0.25, 0.3) is 0 Å². The first-order valence-electron chi connectivity index (χ1n) is 2.90. The zero-order chi connectivity index (χ0) is 8.04. The molecule has 59 valence electrons. The second kappa shape index (κ2) is 4.24. The Kier molecular flexibility index (Phi) is 3.99. The molecule has 0 aliphatic rings. The van der Waals surface area contributed by atoms with Crippen molar-refractivity contribution in [3.05, 3.63) is 0 Å². The highest BCUT2D eigenvalue weighted by molar-refractivity contribution is 5.38. The molecule has 0 saturated heterocycles. The molecule has 0 N–H and O–H groups in total. The van der Waals surface area contributed by atoms with Gasteiger partial charge in [-0.2, -0.15) is 0 Å². The van der Waals surface area contributed by atoms with E-state index < -0.39 is 5.97 Å². The molecule has 4 heteroatoms. The van der Waals surface area contributed by atoms with Crippen molar-refractivity contribution in [1.82, 2.24) is 0 Å². The first kappa shape index (κ1) is 9.39. The van der Waals surface area contributed by atoms with Crippen LogP contribution in [0.2, 0.25) is 0 Å². The Morgan fingerprint density at radius 1 is 1.40 bits per heavy atom. The molecule has 0 rings (SSSR count). The van der Waals surface area contributed by atoms with Gasteiger partial charge in [0.2, 0.25) is 0 Å². The number of ether oxygens (including phenoxy) is 3. The monoisotopic (exact) mass is 147 g/mol. The van der Waals surface area contributed by atoms with Gasteiger partial charge in [0.15, 0.2) is 0 Å². The maximum absolute atomic E-state index is 9.79. The summed E-state index contributed by atoms with van der Waals surface area (Å²) in [6.07, 6.45) is 0.426. The lowest BCUT2D eigenvalue weighted by molar-refractivity contribution is -0.329. The third-order valence-electron chi connectivity index (χ3n) is 1.25. The normalized spacial score (nSPS) is 11.1. The van der Waals surface area contributed by atoms with Crippen molar-refractivity contribution in [2.75, 3.05) is 14.2 Å². The first-order chi connectivity index (χ1) is 4.74. The largest absolute Gasteiger partial charge is 0.421 e. The summed E-state index contributed by atoms with van der Waals surface area (Å²) in [6.45, 7) is 3.03. The lowest BCUT2D eigenvalue weighted by Gasteiger charge is -2.25. The van der Waals surface area contributed by atoms with Gasteiger partial charge in [0.1, 0.15) is 0 Å². The van der Waals surface area contributed by atoms with E-state index in [0.717, 1.165) is 0 Å². The van der Waals surface area contributed by atoms with Crippen LogP contribution in [0.1, 0.15) is 13.3 Å². The predicted molar refractivity (Wildman–Crippen MR) is 33.8 cm³/mol. The van der Waals surface area contributed by atoms with E-state index in [4.69, 9.17) is 9.47 Å². The van der Waals surface area contributed by atoms with E-state index in [9.17, 15) is 4.79 Å². The molecule has 0 spiro atoms. The van der Waals surface area contributed by atoms with Crippen molar-refractivity contribution in [2.45, 2.75) is 19.3 Å². The van der Waals surface area contributed by atoms with Crippen LogP contribution in [0.3, 0.4) is 0 Å². The van der Waals surface area contributed by atoms with Crippen LogP contribution in [-0.4, -0.2) is 26.7 Å². The van der Waals surface area contributed by atoms with E-state index in [-0.39, 0.29) is 0 Å². The zero-order valence-corrected chi connectivity index (χ0v) is 6.34. The zero-order valence-electron chi connectivity index (χ0n) is 6.34. The van der Waals surface area contributed by atoms with Crippen LogP contribution >= 0.6 is 0 Å². The fourth-order valence-electron chi connectivity index (χ4n) is 0.591. The standard InChI is InChI=1S/C6H11O4/c1-4-6(8-2,9-3)10-5-7/h4H2,1-3H3. The topological polar surface area (TPSA) is 44.8 Å². The van der Waals surface area contributed by atoms with Crippen LogP contribution < -0.4 is 0 Å². The minimum absolute atomic E-state index is 0.426. The van der Waals surface area contributed by atoms with Crippen molar-refractivity contribution in [3.63, 3.8) is 0 Å². The Morgan fingerprint density at radius 2 is 1.90 bits per heavy atom. The van der Waals surface area contributed by atoms with E-state index in [1.54, 1.807) is 6.92 Å². The van der Waals surface area contributed by atoms with Gasteiger partial charge in [-0.15, -0.1) is 0 Å². The van der Waals surface area contributed by atoms with Crippen LogP contribution in [0, 0.1) is 0 Å². The summed E-state index contributed by atoms with van der Waals surface area (Å²) in [5, 5.41) is 0. The van der Waals surface area contributed by atoms with Gasteiger partial charge in [-0.1, -0.05) is 6.92 Å². The fraction of sp³-hybridized carbons (Fsp3) is 0.833. The number of carbonyl (C=O) groups excluding carboxylic acids is 1. The quantitative estimate of drug-likeness (QED) is 0.529. The molecule has 4 nitrogen and oxygen atoms in total. The molecule has 0 aliphatic carbocycles. The average Bonchev–Trinajstić information content (AvgIpc) is 2.01. The lowest BCUT2D eigenvalue weighted by atomic mass is 10.4. The minimum Gasteiger partial charge on any atom is -0.399 e. The Morgan fingerprint density at radius 3 is 2.00 bits per heavy atom. The summed E-state index contributed by atoms with van der Waals surface area (Å²) < 4.78 is 14.0. The van der Waals surface area contributed by atoms with Gasteiger partial charge >= 0.3 is 12.4 Å². The molecule has 0 aromatic carbocycles. The highest BCUT2D eigenvalue weighted by Crippen LogP contribution is 2.15. The molecule has 0 atom stereocenters. The summed E-state index contributed by atoms with van der Waals surface area (Å²) in [5.41, 5.74) is 0. The second-order valence-electron chi connectivity index (χ2n) is 1.63. The van der Waals surface area contributed by atoms with Gasteiger partial charge in [0, 0.05) is 20.6 Å². The SMILES string of the molecule is CCC(OC)(OC)O[C]=O. The van der Waals surface area contributed by atoms with E-state index in [1.165, 1.54) is 20.7 Å². The predicted octanol–water partition coefficient (Wildman–Crippen LogP) is 0.427. The van der Waals surface area contributed by atoms with Gasteiger partial charge < -0.3 is 14.2 Å². The van der Waals surface area contributed by atoms with Gasteiger partial charge in [-0.25, -0.2) is 4.79 Å². The van der Waals surface area contributed by atoms with Crippen molar-refractivity contribution in [3.8, 4) is 0 Å². The van der Waals surface area contributed by atoms with E-state index in [0.29, 0.717) is 6.42 Å². The third-order valence-corrected chi connectivity index (χ3v) is 1.25. The molecule has 0 aliphatic heterocycles. The Labute approximate surface area is 60.1 Å². The molecule has 0 fully saturated rings. The molecule has 0 amide bonds. The summed E-state index contributed by atoms with van der Waals surface area (Å²) in [4.78, 5) is 9.79. The van der Waals surface area contributed by atoms with Crippen molar-refractivity contribution in [1.29, 1.82) is 0 Å². The smallest absolute Gasteiger partial charge is 0.399 e. The van der Waals surface area contributed by atoms with Gasteiger partial charge in [0.05, 0.1) is 0 Å². The summed E-state index contributed by atoms with van der Waals surface area (Å²) >= 11 is 0. The van der Waals surface area contributed by atoms with Crippen LogP contribution in [-0.2, 0) is 19.0 Å². The lowest BCUT2D eigenvalue weighted by Crippen LogP contribution is -2.35. The van der Waals surface area contributed by atoms with Crippen molar-refractivity contribution in [2.24, 2.45) is 0 Å². The Hall–Kier alpha value is -0.610. The van der Waals surface area contributed by atoms with Crippen molar-refractivity contribution >= 4 is 6.47 Å². The summed E-state index contributed by atoms with van der Waals surface area (Å²) in [5.74, 6) is -1.25. The molecule has 0 saturated carbocycles. The fourth-order valence-corrected chi connectivity index (χ4v) is 0.591. The number of methoxy groups -OCH3 is 2. The molecule has 0 aromatic rings. The van der Waals surface area contributed by atoms with Gasteiger partial charge in [-0.3, -0.25) is 0 Å². The molecule has 10 heavy (non-hydrogen) atoms. The van der Waals surface area contributed by atoms with Gasteiger partial charge in [0.25, 0.3) is 0 Å². The molecular weight excluding hydrogens is 136 g/mol. The Balaban J connectivity index is 4.00. The molecule has 1 radical (unpaired) electrons. The minimum atomic E-state index is -1.25. The van der Waals surface area contributed by atoms with E-state index in [1.807, 2.05) is 0 Å². The van der Waals surface area contributed by atoms with Crippen LogP contribution in [0.5, 0.6) is 0 Å². The second-order valence-corrected chi connectivity index (χ2v) is 1.63. The molecular formula is C6H11O4. The molecule has 0 aromatic heterocycles.